The van der Waals surface area contributed by atoms with E-state index >= 15 is 0 Å². The van der Waals surface area contributed by atoms with Crippen molar-refractivity contribution in [3.05, 3.63) is 23.9 Å². The Labute approximate surface area is 123 Å². The number of nitrogens with one attached hydrogen (secondary N) is 1. The molecule has 20 heavy (non-hydrogen) atoms. The van der Waals surface area contributed by atoms with Crippen LogP contribution in [0, 0.1) is 17.3 Å². The Morgan fingerprint density at radius 3 is 2.40 bits per heavy atom. The highest BCUT2D eigenvalue weighted by Gasteiger charge is 2.33. The van der Waals surface area contributed by atoms with Gasteiger partial charge in [-0.05, 0) is 56.0 Å². The number of rotatable bonds is 3. The van der Waals surface area contributed by atoms with Gasteiger partial charge >= 0.3 is 0 Å². The van der Waals surface area contributed by atoms with Gasteiger partial charge in [-0.3, -0.25) is 0 Å². The van der Waals surface area contributed by atoms with Crippen LogP contribution in [0.4, 0.5) is 5.82 Å². The molecule has 112 valence electrons. The number of nitrogens with zero attached hydrogens (tertiary/aromatic N) is 1. The molecule has 1 aromatic heterocycles. The van der Waals surface area contributed by atoms with E-state index in [1.165, 1.54) is 25.7 Å². The summed E-state index contributed by atoms with van der Waals surface area (Å²) < 4.78 is 0. The molecule has 1 aliphatic carbocycles. The van der Waals surface area contributed by atoms with Gasteiger partial charge in [0, 0.05) is 17.8 Å². The summed E-state index contributed by atoms with van der Waals surface area (Å²) in [5.74, 6) is 2.19. The summed E-state index contributed by atoms with van der Waals surface area (Å²) in [5, 5.41) is 3.46. The van der Waals surface area contributed by atoms with Crippen LogP contribution in [0.25, 0.3) is 0 Å². The lowest BCUT2D eigenvalue weighted by atomic mass is 9.68. The molecule has 1 atom stereocenters. The van der Waals surface area contributed by atoms with Gasteiger partial charge in [0.2, 0.25) is 0 Å². The van der Waals surface area contributed by atoms with E-state index in [2.05, 4.69) is 37.1 Å². The van der Waals surface area contributed by atoms with Crippen molar-refractivity contribution in [3.63, 3.8) is 0 Å². The number of aromatic nitrogens is 1. The van der Waals surface area contributed by atoms with Crippen LogP contribution >= 0.6 is 0 Å². The first kappa shape index (κ1) is 15.3. The zero-order valence-corrected chi connectivity index (χ0v) is 13.3. The first-order valence-corrected chi connectivity index (χ1v) is 7.81. The monoisotopic (exact) mass is 275 g/mol. The minimum atomic E-state index is 0.338. The molecule has 1 aliphatic rings. The molecule has 0 aromatic carbocycles. The van der Waals surface area contributed by atoms with Crippen molar-refractivity contribution in [3.8, 4) is 0 Å². The zero-order valence-electron chi connectivity index (χ0n) is 13.3. The molecule has 3 heteroatoms. The zero-order chi connectivity index (χ0) is 14.8. The average molecular weight is 275 g/mol. The lowest BCUT2D eigenvalue weighted by Crippen LogP contribution is -2.32. The predicted octanol–water partition coefficient (Wildman–Crippen LogP) is 3.78. The highest BCUT2D eigenvalue weighted by molar-refractivity contribution is 5.41. The molecule has 1 heterocycles. The SMILES string of the molecule is CNC(c1cccnc1N)C1CCC(C(C)(C)C)CC1. The molecule has 1 fully saturated rings. The van der Waals surface area contributed by atoms with Crippen LogP contribution in [0.15, 0.2) is 18.3 Å². The van der Waals surface area contributed by atoms with Gasteiger partial charge < -0.3 is 11.1 Å². The third-order valence-electron chi connectivity index (χ3n) is 4.99. The fourth-order valence-electron chi connectivity index (χ4n) is 3.66. The Bertz CT molecular complexity index is 428. The largest absolute Gasteiger partial charge is 0.383 e. The van der Waals surface area contributed by atoms with Gasteiger partial charge in [0.25, 0.3) is 0 Å². The molecule has 0 radical (unpaired) electrons. The Morgan fingerprint density at radius 1 is 1.25 bits per heavy atom. The second-order valence-corrected chi connectivity index (χ2v) is 7.22. The van der Waals surface area contributed by atoms with Gasteiger partial charge in [0.15, 0.2) is 0 Å². The smallest absolute Gasteiger partial charge is 0.128 e. The third-order valence-corrected chi connectivity index (χ3v) is 4.99. The fraction of sp³-hybridized carbons (Fsp3) is 0.706. The fourth-order valence-corrected chi connectivity index (χ4v) is 3.66. The van der Waals surface area contributed by atoms with Crippen LogP contribution in [0.2, 0.25) is 0 Å². The van der Waals surface area contributed by atoms with Crippen LogP contribution in [-0.4, -0.2) is 12.0 Å². The molecular weight excluding hydrogens is 246 g/mol. The highest BCUT2D eigenvalue weighted by atomic mass is 14.9. The summed E-state index contributed by atoms with van der Waals surface area (Å²) in [7, 11) is 2.03. The minimum absolute atomic E-state index is 0.338. The summed E-state index contributed by atoms with van der Waals surface area (Å²) in [6.45, 7) is 7.10. The van der Waals surface area contributed by atoms with E-state index in [4.69, 9.17) is 5.73 Å². The maximum atomic E-state index is 6.05. The standard InChI is InChI=1S/C17H29N3/c1-17(2,3)13-9-7-12(8-10-13)15(19-4)14-6-5-11-20-16(14)18/h5-6,11-13,15,19H,7-10H2,1-4H3,(H2,18,20). The van der Waals surface area contributed by atoms with Crippen molar-refractivity contribution in [2.24, 2.45) is 17.3 Å². The molecule has 3 N–H and O–H groups in total. The van der Waals surface area contributed by atoms with Gasteiger partial charge in [-0.25, -0.2) is 4.98 Å². The number of anilines is 1. The number of hydrogen-bond donors (Lipinski definition) is 2. The minimum Gasteiger partial charge on any atom is -0.383 e. The van der Waals surface area contributed by atoms with Crippen LogP contribution in [0.5, 0.6) is 0 Å². The van der Waals surface area contributed by atoms with E-state index in [-0.39, 0.29) is 0 Å². The van der Waals surface area contributed by atoms with Crippen molar-refractivity contribution >= 4 is 5.82 Å². The van der Waals surface area contributed by atoms with E-state index in [1.54, 1.807) is 6.20 Å². The van der Waals surface area contributed by atoms with Crippen LogP contribution < -0.4 is 11.1 Å². The molecule has 2 rings (SSSR count). The average Bonchev–Trinajstić information content (AvgIpc) is 2.41. The lowest BCUT2D eigenvalue weighted by molar-refractivity contribution is 0.134. The normalized spacial score (nSPS) is 25.4. The summed E-state index contributed by atoms with van der Waals surface area (Å²) in [5.41, 5.74) is 7.65. The molecule has 0 aliphatic heterocycles. The molecule has 3 nitrogen and oxygen atoms in total. The van der Waals surface area contributed by atoms with E-state index in [1.807, 2.05) is 13.1 Å². The number of nitrogen functional groups attached to an aromatic ring is 1. The summed E-state index contributed by atoms with van der Waals surface area (Å²) in [6.07, 6.45) is 6.98. The number of pyridine rings is 1. The molecule has 0 amide bonds. The van der Waals surface area contributed by atoms with E-state index in [0.29, 0.717) is 23.2 Å². The quantitative estimate of drug-likeness (QED) is 0.882. The third kappa shape index (κ3) is 3.32. The second kappa shape index (κ2) is 6.13. The van der Waals surface area contributed by atoms with Crippen molar-refractivity contribution in [1.29, 1.82) is 0 Å². The molecular formula is C17H29N3. The summed E-state index contributed by atoms with van der Waals surface area (Å²) in [4.78, 5) is 4.23. The number of hydrogen-bond acceptors (Lipinski definition) is 3. The second-order valence-electron chi connectivity index (χ2n) is 7.22. The van der Waals surface area contributed by atoms with E-state index < -0.39 is 0 Å². The van der Waals surface area contributed by atoms with Crippen LogP contribution in [0.3, 0.4) is 0 Å². The van der Waals surface area contributed by atoms with Crippen LogP contribution in [-0.2, 0) is 0 Å². The molecule has 1 unspecified atom stereocenters. The van der Waals surface area contributed by atoms with Gasteiger partial charge in [-0.1, -0.05) is 26.8 Å². The molecule has 1 saturated carbocycles. The van der Waals surface area contributed by atoms with Gasteiger partial charge in [0.05, 0.1) is 0 Å². The molecule has 0 saturated heterocycles. The van der Waals surface area contributed by atoms with Gasteiger partial charge in [0.1, 0.15) is 5.82 Å². The Hall–Kier alpha value is -1.09. The van der Waals surface area contributed by atoms with Crippen molar-refractivity contribution in [2.75, 3.05) is 12.8 Å². The van der Waals surface area contributed by atoms with Crippen molar-refractivity contribution < 1.29 is 0 Å². The first-order chi connectivity index (χ1) is 9.43. The molecule has 0 spiro atoms. The molecule has 1 aromatic rings. The topological polar surface area (TPSA) is 50.9 Å². The lowest BCUT2D eigenvalue weighted by Gasteiger charge is -2.39. The maximum absolute atomic E-state index is 6.05. The predicted molar refractivity (Wildman–Crippen MR) is 85.4 cm³/mol. The first-order valence-electron chi connectivity index (χ1n) is 7.81. The van der Waals surface area contributed by atoms with Crippen molar-refractivity contribution in [2.45, 2.75) is 52.5 Å². The van der Waals surface area contributed by atoms with Gasteiger partial charge in [-0.2, -0.15) is 0 Å². The maximum Gasteiger partial charge on any atom is 0.128 e. The Balaban J connectivity index is 2.06. The van der Waals surface area contributed by atoms with Gasteiger partial charge in [-0.15, -0.1) is 0 Å². The van der Waals surface area contributed by atoms with E-state index in [9.17, 15) is 0 Å². The van der Waals surface area contributed by atoms with E-state index in [0.717, 1.165) is 11.5 Å². The van der Waals surface area contributed by atoms with Crippen LogP contribution in [0.1, 0.15) is 58.1 Å². The summed E-state index contributed by atoms with van der Waals surface area (Å²) >= 11 is 0. The Morgan fingerprint density at radius 2 is 1.90 bits per heavy atom. The summed E-state index contributed by atoms with van der Waals surface area (Å²) in [6, 6.07) is 4.43. The highest BCUT2D eigenvalue weighted by Crippen LogP contribution is 2.43. The van der Waals surface area contributed by atoms with Crippen molar-refractivity contribution in [1.82, 2.24) is 10.3 Å². The molecule has 0 bridgehead atoms. The number of nitrogens with two attached hydrogens (primary N) is 1. The Kier molecular flexibility index (Phi) is 4.69.